The van der Waals surface area contributed by atoms with Crippen molar-refractivity contribution < 1.29 is 9.53 Å². The van der Waals surface area contributed by atoms with Gasteiger partial charge in [0.15, 0.2) is 0 Å². The normalized spacial score (nSPS) is 23.2. The first-order valence-electron chi connectivity index (χ1n) is 8.28. The van der Waals surface area contributed by atoms with Gasteiger partial charge in [0.2, 0.25) is 5.91 Å². The van der Waals surface area contributed by atoms with Crippen LogP contribution in [-0.2, 0) is 9.53 Å². The van der Waals surface area contributed by atoms with E-state index in [4.69, 9.17) is 10.5 Å². The summed E-state index contributed by atoms with van der Waals surface area (Å²) in [6.45, 7) is 12.0. The average molecular weight is 299 g/mol. The zero-order chi connectivity index (χ0) is 15.9. The smallest absolute Gasteiger partial charge is 0.237 e. The van der Waals surface area contributed by atoms with E-state index in [1.165, 1.54) is 0 Å². The highest BCUT2D eigenvalue weighted by atomic mass is 16.5. The van der Waals surface area contributed by atoms with Crippen molar-refractivity contribution in [2.24, 2.45) is 5.73 Å². The van der Waals surface area contributed by atoms with Crippen LogP contribution < -0.4 is 11.1 Å². The van der Waals surface area contributed by atoms with E-state index in [0.717, 1.165) is 52.0 Å². The molecule has 5 nitrogen and oxygen atoms in total. The van der Waals surface area contributed by atoms with Crippen LogP contribution in [0.3, 0.4) is 0 Å². The molecule has 21 heavy (non-hydrogen) atoms. The lowest BCUT2D eigenvalue weighted by Gasteiger charge is -2.35. The molecule has 0 aromatic heterocycles. The second-order valence-corrected chi connectivity index (χ2v) is 6.63. The number of unbranched alkanes of at least 4 members (excludes halogenated alkanes) is 1. The van der Waals surface area contributed by atoms with Crippen LogP contribution in [0, 0.1) is 0 Å². The minimum Gasteiger partial charge on any atom is -0.378 e. The van der Waals surface area contributed by atoms with Crippen LogP contribution >= 0.6 is 0 Å². The third kappa shape index (κ3) is 5.93. The van der Waals surface area contributed by atoms with Crippen molar-refractivity contribution in [1.29, 1.82) is 0 Å². The Balaban J connectivity index is 2.35. The Hall–Kier alpha value is -0.650. The number of morpholine rings is 1. The predicted octanol–water partition coefficient (Wildman–Crippen LogP) is 1.51. The first kappa shape index (κ1) is 18.4. The molecule has 124 valence electrons. The Morgan fingerprint density at radius 3 is 2.76 bits per heavy atom. The monoisotopic (exact) mass is 299 g/mol. The predicted molar refractivity (Wildman–Crippen MR) is 86.2 cm³/mol. The van der Waals surface area contributed by atoms with Crippen LogP contribution in [0.4, 0.5) is 0 Å². The Morgan fingerprint density at radius 1 is 1.48 bits per heavy atom. The van der Waals surface area contributed by atoms with Gasteiger partial charge in [0.25, 0.3) is 0 Å². The summed E-state index contributed by atoms with van der Waals surface area (Å²) in [5.74, 6) is -0.256. The maximum Gasteiger partial charge on any atom is 0.237 e. The number of hydrogen-bond acceptors (Lipinski definition) is 4. The lowest BCUT2D eigenvalue weighted by molar-refractivity contribution is -0.124. The highest BCUT2D eigenvalue weighted by Gasteiger charge is 2.30. The maximum atomic E-state index is 11.7. The van der Waals surface area contributed by atoms with E-state index in [9.17, 15) is 4.79 Å². The van der Waals surface area contributed by atoms with Gasteiger partial charge in [0.1, 0.15) is 0 Å². The number of nitrogens with two attached hydrogens (primary N) is 1. The molecule has 1 aliphatic rings. The lowest BCUT2D eigenvalue weighted by atomic mass is 9.93. The molecule has 1 heterocycles. The minimum atomic E-state index is -0.594. The van der Waals surface area contributed by atoms with Crippen LogP contribution in [-0.4, -0.2) is 54.7 Å². The molecule has 0 spiro atoms. The van der Waals surface area contributed by atoms with E-state index in [0.29, 0.717) is 6.04 Å². The second kappa shape index (κ2) is 8.71. The minimum absolute atomic E-state index is 0.256. The van der Waals surface area contributed by atoms with E-state index in [1.807, 2.05) is 20.8 Å². The standard InChI is InChI=1S/C16H33N3O2/c1-5-14-12-21-11-10-19(14)9-7-6-8-16(4,15(17)20)18-13(2)3/h13-14,18H,5-12H2,1-4H3,(H2,17,20). The molecule has 1 saturated heterocycles. The number of amides is 1. The first-order valence-corrected chi connectivity index (χ1v) is 8.28. The van der Waals surface area contributed by atoms with Crippen molar-refractivity contribution in [2.75, 3.05) is 26.3 Å². The Bertz CT molecular complexity index is 323. The highest BCUT2D eigenvalue weighted by molar-refractivity contribution is 5.84. The largest absolute Gasteiger partial charge is 0.378 e. The summed E-state index contributed by atoms with van der Waals surface area (Å²) in [7, 11) is 0. The number of hydrogen-bond donors (Lipinski definition) is 2. The molecule has 0 aliphatic carbocycles. The van der Waals surface area contributed by atoms with Crippen LogP contribution in [0.25, 0.3) is 0 Å². The van der Waals surface area contributed by atoms with E-state index in [2.05, 4.69) is 17.1 Å². The van der Waals surface area contributed by atoms with Gasteiger partial charge in [-0.15, -0.1) is 0 Å². The molecule has 0 bridgehead atoms. The number of ether oxygens (including phenoxy) is 1. The summed E-state index contributed by atoms with van der Waals surface area (Å²) in [6.07, 6.45) is 4.03. The van der Waals surface area contributed by atoms with Gasteiger partial charge in [0.05, 0.1) is 18.8 Å². The quantitative estimate of drug-likeness (QED) is 0.633. The fraction of sp³-hybridized carbons (Fsp3) is 0.938. The van der Waals surface area contributed by atoms with Gasteiger partial charge in [-0.25, -0.2) is 0 Å². The molecular formula is C16H33N3O2. The number of nitrogens with zero attached hydrogens (tertiary/aromatic N) is 1. The van der Waals surface area contributed by atoms with Crippen molar-refractivity contribution in [2.45, 2.75) is 71.0 Å². The fourth-order valence-electron chi connectivity index (χ4n) is 3.06. The Kier molecular flexibility index (Phi) is 7.63. The molecule has 1 aliphatic heterocycles. The lowest BCUT2D eigenvalue weighted by Crippen LogP contribution is -2.55. The summed E-state index contributed by atoms with van der Waals surface area (Å²) >= 11 is 0. The zero-order valence-corrected chi connectivity index (χ0v) is 14.2. The van der Waals surface area contributed by atoms with Crippen LogP contribution in [0.1, 0.15) is 53.4 Å². The highest BCUT2D eigenvalue weighted by Crippen LogP contribution is 2.17. The first-order chi connectivity index (χ1) is 9.89. The molecule has 3 N–H and O–H groups in total. The molecule has 1 amide bonds. The van der Waals surface area contributed by atoms with E-state index < -0.39 is 5.54 Å². The summed E-state index contributed by atoms with van der Waals surface area (Å²) in [4.78, 5) is 14.2. The molecule has 1 rings (SSSR count). The molecule has 0 aromatic carbocycles. The summed E-state index contributed by atoms with van der Waals surface area (Å²) in [5.41, 5.74) is 4.97. The van der Waals surface area contributed by atoms with Crippen molar-refractivity contribution in [3.8, 4) is 0 Å². The molecule has 0 aromatic rings. The third-order valence-electron chi connectivity index (χ3n) is 4.34. The van der Waals surface area contributed by atoms with Gasteiger partial charge < -0.3 is 15.8 Å². The van der Waals surface area contributed by atoms with Crippen molar-refractivity contribution in [3.05, 3.63) is 0 Å². The third-order valence-corrected chi connectivity index (χ3v) is 4.34. The number of carbonyl (C=O) groups excluding carboxylic acids is 1. The van der Waals surface area contributed by atoms with E-state index >= 15 is 0 Å². The van der Waals surface area contributed by atoms with Gasteiger partial charge in [-0.2, -0.15) is 0 Å². The van der Waals surface area contributed by atoms with Gasteiger partial charge >= 0.3 is 0 Å². The number of rotatable bonds is 9. The van der Waals surface area contributed by atoms with Gasteiger partial charge in [0, 0.05) is 18.6 Å². The zero-order valence-electron chi connectivity index (χ0n) is 14.2. The Labute approximate surface area is 129 Å². The molecule has 0 saturated carbocycles. The van der Waals surface area contributed by atoms with Crippen molar-refractivity contribution in [3.63, 3.8) is 0 Å². The van der Waals surface area contributed by atoms with E-state index in [-0.39, 0.29) is 11.9 Å². The Morgan fingerprint density at radius 2 is 2.19 bits per heavy atom. The van der Waals surface area contributed by atoms with Gasteiger partial charge in [-0.1, -0.05) is 6.92 Å². The van der Waals surface area contributed by atoms with Crippen molar-refractivity contribution in [1.82, 2.24) is 10.2 Å². The average Bonchev–Trinajstić information content (AvgIpc) is 2.43. The number of nitrogens with one attached hydrogen (secondary N) is 1. The van der Waals surface area contributed by atoms with E-state index in [1.54, 1.807) is 0 Å². The number of primary amides is 1. The molecule has 5 heteroatoms. The molecule has 1 fully saturated rings. The number of carbonyl (C=O) groups is 1. The van der Waals surface area contributed by atoms with Gasteiger partial charge in [-0.3, -0.25) is 9.69 Å². The molecule has 2 atom stereocenters. The second-order valence-electron chi connectivity index (χ2n) is 6.63. The fourth-order valence-corrected chi connectivity index (χ4v) is 3.06. The SMILES string of the molecule is CCC1COCCN1CCCCC(C)(NC(C)C)C(N)=O. The van der Waals surface area contributed by atoms with Crippen LogP contribution in [0.15, 0.2) is 0 Å². The summed E-state index contributed by atoms with van der Waals surface area (Å²) in [6, 6.07) is 0.807. The van der Waals surface area contributed by atoms with Gasteiger partial charge in [-0.05, 0) is 53.0 Å². The maximum absolute atomic E-state index is 11.7. The molecular weight excluding hydrogens is 266 g/mol. The summed E-state index contributed by atoms with van der Waals surface area (Å²) in [5, 5.41) is 3.31. The molecule has 0 radical (unpaired) electrons. The topological polar surface area (TPSA) is 67.6 Å². The summed E-state index contributed by atoms with van der Waals surface area (Å²) < 4.78 is 5.53. The van der Waals surface area contributed by atoms with Crippen LogP contribution in [0.5, 0.6) is 0 Å². The van der Waals surface area contributed by atoms with Crippen LogP contribution in [0.2, 0.25) is 0 Å². The molecule has 2 unspecified atom stereocenters. The van der Waals surface area contributed by atoms with Crippen molar-refractivity contribution >= 4 is 5.91 Å².